The van der Waals surface area contributed by atoms with E-state index in [1.54, 1.807) is 38.1 Å². The fraction of sp³-hybridized carbons (Fsp3) is 0.353. The Morgan fingerprint density at radius 3 is 2.04 bits per heavy atom. The zero-order valence-electron chi connectivity index (χ0n) is 13.6. The summed E-state index contributed by atoms with van der Waals surface area (Å²) in [7, 11) is 1.19. The van der Waals surface area contributed by atoms with Gasteiger partial charge in [0.15, 0.2) is 0 Å². The first-order valence-corrected chi connectivity index (χ1v) is 7.07. The first-order valence-electron chi connectivity index (χ1n) is 7.07. The molecular weight excluding hydrogens is 300 g/mol. The Balaban J connectivity index is 2.70. The molecule has 6 heteroatoms. The first-order chi connectivity index (χ1) is 10.8. The summed E-state index contributed by atoms with van der Waals surface area (Å²) in [5.74, 6) is -2.32. The molecule has 1 aromatic carbocycles. The fourth-order valence-electron chi connectivity index (χ4n) is 1.52. The summed E-state index contributed by atoms with van der Waals surface area (Å²) in [6.07, 6.45) is 0.793. The maximum Gasteiger partial charge on any atom is 0.341 e. The van der Waals surface area contributed by atoms with Crippen molar-refractivity contribution in [3.05, 3.63) is 47.5 Å². The molecule has 0 amide bonds. The van der Waals surface area contributed by atoms with Crippen LogP contribution in [0.3, 0.4) is 0 Å². The minimum absolute atomic E-state index is 0.250. The first kappa shape index (κ1) is 18.4. The molecule has 0 aliphatic rings. The third kappa shape index (κ3) is 6.34. The van der Waals surface area contributed by atoms with Gasteiger partial charge in [-0.2, -0.15) is 0 Å². The van der Waals surface area contributed by atoms with E-state index >= 15 is 0 Å². The van der Waals surface area contributed by atoms with Crippen molar-refractivity contribution in [1.82, 2.24) is 0 Å². The summed E-state index contributed by atoms with van der Waals surface area (Å²) in [4.78, 5) is 34.6. The van der Waals surface area contributed by atoms with Crippen LogP contribution in [-0.4, -0.2) is 31.3 Å². The number of ether oxygens (including phenoxy) is 3. The molecule has 1 atom stereocenters. The molecule has 0 aliphatic heterocycles. The van der Waals surface area contributed by atoms with Gasteiger partial charge in [-0.15, -0.1) is 0 Å². The lowest BCUT2D eigenvalue weighted by atomic mass is 10.1. The van der Waals surface area contributed by atoms with E-state index < -0.39 is 24.2 Å². The lowest BCUT2D eigenvalue weighted by Gasteiger charge is -2.20. The van der Waals surface area contributed by atoms with Crippen molar-refractivity contribution >= 4 is 17.9 Å². The monoisotopic (exact) mass is 320 g/mol. The quantitative estimate of drug-likeness (QED) is 0.455. The Labute approximate surface area is 135 Å². The van der Waals surface area contributed by atoms with E-state index in [9.17, 15) is 14.4 Å². The van der Waals surface area contributed by atoms with Gasteiger partial charge in [0.2, 0.25) is 6.29 Å². The number of rotatable bonds is 6. The van der Waals surface area contributed by atoms with Gasteiger partial charge < -0.3 is 14.2 Å². The molecule has 0 saturated carbocycles. The van der Waals surface area contributed by atoms with E-state index in [1.807, 2.05) is 6.92 Å². The van der Waals surface area contributed by atoms with Crippen LogP contribution in [-0.2, 0) is 23.8 Å². The number of esters is 3. The molecular formula is C17H20O6. The summed E-state index contributed by atoms with van der Waals surface area (Å²) in [6, 6.07) is 6.83. The topological polar surface area (TPSA) is 78.9 Å². The van der Waals surface area contributed by atoms with E-state index in [2.05, 4.69) is 4.74 Å². The SMILES string of the molecule is COC(=O)/C=C/C(=O)OC(OC(=O)c1ccc(C)cc1)C(C)C. The Kier molecular flexibility index (Phi) is 6.99. The minimum atomic E-state index is -1.06. The van der Waals surface area contributed by atoms with Gasteiger partial charge in [-0.05, 0) is 19.1 Å². The summed E-state index contributed by atoms with van der Waals surface area (Å²) < 4.78 is 14.6. The van der Waals surface area contributed by atoms with E-state index in [0.717, 1.165) is 17.7 Å². The standard InChI is InChI=1S/C17H20O6/c1-11(2)17(22-15(19)10-9-14(18)21-4)23-16(20)13-7-5-12(3)6-8-13/h5-11,17H,1-4H3/b10-9+. The molecule has 0 spiro atoms. The molecule has 0 radical (unpaired) electrons. The fourth-order valence-corrected chi connectivity index (χ4v) is 1.52. The highest BCUT2D eigenvalue weighted by atomic mass is 16.7. The molecule has 23 heavy (non-hydrogen) atoms. The van der Waals surface area contributed by atoms with Crippen LogP contribution in [0.25, 0.3) is 0 Å². The van der Waals surface area contributed by atoms with Crippen LogP contribution in [0.5, 0.6) is 0 Å². The van der Waals surface area contributed by atoms with Crippen LogP contribution < -0.4 is 0 Å². The lowest BCUT2D eigenvalue weighted by molar-refractivity contribution is -0.170. The van der Waals surface area contributed by atoms with Crippen molar-refractivity contribution in [2.75, 3.05) is 7.11 Å². The third-order valence-electron chi connectivity index (χ3n) is 2.84. The van der Waals surface area contributed by atoms with Crippen LogP contribution in [0, 0.1) is 12.8 Å². The Bertz CT molecular complexity index is 586. The second-order valence-electron chi connectivity index (χ2n) is 5.18. The molecule has 0 bridgehead atoms. The molecule has 1 aromatic rings. The van der Waals surface area contributed by atoms with Gasteiger partial charge in [-0.1, -0.05) is 31.5 Å². The number of carbonyl (C=O) groups is 3. The Morgan fingerprint density at radius 1 is 0.957 bits per heavy atom. The van der Waals surface area contributed by atoms with Crippen LogP contribution in [0.15, 0.2) is 36.4 Å². The highest BCUT2D eigenvalue weighted by Gasteiger charge is 2.22. The second-order valence-corrected chi connectivity index (χ2v) is 5.18. The van der Waals surface area contributed by atoms with Crippen molar-refractivity contribution in [1.29, 1.82) is 0 Å². The zero-order valence-corrected chi connectivity index (χ0v) is 13.6. The molecule has 6 nitrogen and oxygen atoms in total. The molecule has 0 N–H and O–H groups in total. The number of aryl methyl sites for hydroxylation is 1. The van der Waals surface area contributed by atoms with Crippen molar-refractivity contribution in [2.45, 2.75) is 27.1 Å². The number of hydrogen-bond donors (Lipinski definition) is 0. The van der Waals surface area contributed by atoms with Crippen LogP contribution in [0.4, 0.5) is 0 Å². The van der Waals surface area contributed by atoms with E-state index in [-0.39, 0.29) is 5.92 Å². The van der Waals surface area contributed by atoms with Crippen LogP contribution in [0.2, 0.25) is 0 Å². The van der Waals surface area contributed by atoms with Crippen LogP contribution >= 0.6 is 0 Å². The second kappa shape index (κ2) is 8.73. The summed E-state index contributed by atoms with van der Waals surface area (Å²) >= 11 is 0. The Hall–Kier alpha value is -2.63. The molecule has 1 unspecified atom stereocenters. The smallest absolute Gasteiger partial charge is 0.341 e. The van der Waals surface area contributed by atoms with Crippen molar-refractivity contribution in [2.24, 2.45) is 5.92 Å². The van der Waals surface area contributed by atoms with Crippen molar-refractivity contribution in [3.8, 4) is 0 Å². The molecule has 0 saturated heterocycles. The molecule has 0 heterocycles. The van der Waals surface area contributed by atoms with Gasteiger partial charge in [0.1, 0.15) is 0 Å². The molecule has 0 fully saturated rings. The number of benzene rings is 1. The lowest BCUT2D eigenvalue weighted by Crippen LogP contribution is -2.29. The van der Waals surface area contributed by atoms with Crippen LogP contribution in [0.1, 0.15) is 29.8 Å². The average Bonchev–Trinajstić information content (AvgIpc) is 2.52. The summed E-state index contributed by atoms with van der Waals surface area (Å²) in [5, 5.41) is 0. The summed E-state index contributed by atoms with van der Waals surface area (Å²) in [6.45, 7) is 5.39. The van der Waals surface area contributed by atoms with E-state index in [0.29, 0.717) is 5.56 Å². The molecule has 0 aliphatic carbocycles. The maximum absolute atomic E-state index is 12.1. The molecule has 0 aromatic heterocycles. The van der Waals surface area contributed by atoms with Gasteiger partial charge in [0.05, 0.1) is 12.7 Å². The predicted molar refractivity (Wildman–Crippen MR) is 82.5 cm³/mol. The maximum atomic E-state index is 12.1. The number of hydrogen-bond acceptors (Lipinski definition) is 6. The zero-order chi connectivity index (χ0) is 17.4. The van der Waals surface area contributed by atoms with Gasteiger partial charge in [0, 0.05) is 18.1 Å². The highest BCUT2D eigenvalue weighted by Crippen LogP contribution is 2.13. The van der Waals surface area contributed by atoms with E-state index in [4.69, 9.17) is 9.47 Å². The largest absolute Gasteiger partial charge is 0.466 e. The minimum Gasteiger partial charge on any atom is -0.466 e. The summed E-state index contributed by atoms with van der Waals surface area (Å²) in [5.41, 5.74) is 1.38. The highest BCUT2D eigenvalue weighted by molar-refractivity contribution is 5.92. The molecule has 1 rings (SSSR count). The normalized spacial score (nSPS) is 12.0. The third-order valence-corrected chi connectivity index (χ3v) is 2.84. The average molecular weight is 320 g/mol. The predicted octanol–water partition coefficient (Wildman–Crippen LogP) is 2.41. The number of carbonyl (C=O) groups excluding carboxylic acids is 3. The van der Waals surface area contributed by atoms with E-state index in [1.165, 1.54) is 7.11 Å². The van der Waals surface area contributed by atoms with Gasteiger partial charge in [0.25, 0.3) is 0 Å². The Morgan fingerprint density at radius 2 is 1.52 bits per heavy atom. The van der Waals surface area contributed by atoms with Gasteiger partial charge in [-0.25, -0.2) is 14.4 Å². The van der Waals surface area contributed by atoms with Crippen molar-refractivity contribution < 1.29 is 28.6 Å². The van der Waals surface area contributed by atoms with Gasteiger partial charge in [-0.3, -0.25) is 0 Å². The molecule has 124 valence electrons. The van der Waals surface area contributed by atoms with Crippen molar-refractivity contribution in [3.63, 3.8) is 0 Å². The number of methoxy groups -OCH3 is 1. The van der Waals surface area contributed by atoms with Gasteiger partial charge >= 0.3 is 17.9 Å².